The van der Waals surface area contributed by atoms with Gasteiger partial charge in [0.2, 0.25) is 0 Å². The lowest BCUT2D eigenvalue weighted by Gasteiger charge is -2.08. The average Bonchev–Trinajstić information content (AvgIpc) is 2.15. The Bertz CT molecular complexity index is 361. The van der Waals surface area contributed by atoms with Gasteiger partial charge >= 0.3 is 0 Å². The van der Waals surface area contributed by atoms with E-state index in [2.05, 4.69) is 24.0 Å². The molecule has 72 valence electrons. The molecular weight excluding hydrogens is 172 g/mol. The third-order valence-electron chi connectivity index (χ3n) is 1.88. The highest BCUT2D eigenvalue weighted by Crippen LogP contribution is 2.13. The number of allylic oxidation sites excluding steroid dienone is 1. The first-order valence-corrected chi connectivity index (χ1v) is 4.61. The number of hydrogen-bond donors (Lipinski definition) is 1. The van der Waals surface area contributed by atoms with Crippen LogP contribution in [0.5, 0.6) is 0 Å². The van der Waals surface area contributed by atoms with Crippen LogP contribution in [0.25, 0.3) is 0 Å². The van der Waals surface area contributed by atoms with Gasteiger partial charge in [-0.3, -0.25) is 0 Å². The normalized spacial score (nSPS) is 9.14. The minimum atomic E-state index is 0.512. The van der Waals surface area contributed by atoms with Crippen molar-refractivity contribution in [3.63, 3.8) is 0 Å². The monoisotopic (exact) mass is 186 g/mol. The lowest BCUT2D eigenvalue weighted by molar-refractivity contribution is 0.998. The highest BCUT2D eigenvalue weighted by molar-refractivity contribution is 5.49. The van der Waals surface area contributed by atoms with Crippen LogP contribution < -0.4 is 5.32 Å². The van der Waals surface area contributed by atoms with Crippen molar-refractivity contribution in [2.45, 2.75) is 19.8 Å². The zero-order valence-corrected chi connectivity index (χ0v) is 8.38. The predicted molar refractivity (Wildman–Crippen MR) is 58.8 cm³/mol. The second-order valence-corrected chi connectivity index (χ2v) is 3.26. The van der Waals surface area contributed by atoms with Crippen LogP contribution in [0.3, 0.4) is 0 Å². The minimum absolute atomic E-state index is 0.512. The van der Waals surface area contributed by atoms with E-state index >= 15 is 0 Å². The Kier molecular flexibility index (Phi) is 3.75. The summed E-state index contributed by atoms with van der Waals surface area (Å²) in [5.74, 6) is 0. The van der Waals surface area contributed by atoms with Crippen LogP contribution >= 0.6 is 0 Å². The van der Waals surface area contributed by atoms with Crippen LogP contribution in [0.15, 0.2) is 36.5 Å². The van der Waals surface area contributed by atoms with Crippen LogP contribution in [-0.4, -0.2) is 0 Å². The predicted octanol–water partition coefficient (Wildman–Crippen LogP) is 3.22. The first-order valence-electron chi connectivity index (χ1n) is 4.61. The number of nitrogens with one attached hydrogen (secondary N) is 1. The molecule has 2 heteroatoms. The van der Waals surface area contributed by atoms with Crippen LogP contribution in [0.1, 0.15) is 18.4 Å². The molecule has 0 unspecified atom stereocenters. The Morgan fingerprint density at radius 1 is 1.57 bits per heavy atom. The molecule has 0 bridgehead atoms. The molecule has 1 aromatic rings. The second kappa shape index (κ2) is 5.08. The molecule has 14 heavy (non-hydrogen) atoms. The first kappa shape index (κ1) is 10.3. The largest absolute Gasteiger partial charge is 0.359 e. The maximum atomic E-state index is 8.41. The van der Waals surface area contributed by atoms with E-state index in [1.165, 1.54) is 5.56 Å². The summed E-state index contributed by atoms with van der Waals surface area (Å²) in [4.78, 5) is 0. The van der Waals surface area contributed by atoms with E-state index in [9.17, 15) is 0 Å². The van der Waals surface area contributed by atoms with Gasteiger partial charge < -0.3 is 5.32 Å². The van der Waals surface area contributed by atoms with E-state index in [1.807, 2.05) is 25.1 Å². The van der Waals surface area contributed by atoms with Crippen molar-refractivity contribution in [2.75, 3.05) is 5.32 Å². The summed E-state index contributed by atoms with van der Waals surface area (Å²) in [6.07, 6.45) is 1.21. The van der Waals surface area contributed by atoms with Crippen LogP contribution in [0.2, 0.25) is 0 Å². The maximum Gasteiger partial charge on any atom is 0.0625 e. The SMILES string of the molecule is C=C(CCC#N)Nc1cccc(C)c1. The number of rotatable bonds is 4. The van der Waals surface area contributed by atoms with Crippen molar-refractivity contribution in [1.82, 2.24) is 0 Å². The van der Waals surface area contributed by atoms with E-state index in [0.29, 0.717) is 12.8 Å². The molecule has 0 heterocycles. The molecule has 0 fully saturated rings. The first-order chi connectivity index (χ1) is 6.72. The number of benzene rings is 1. The van der Waals surface area contributed by atoms with E-state index in [4.69, 9.17) is 5.26 Å². The summed E-state index contributed by atoms with van der Waals surface area (Å²) in [6.45, 7) is 5.90. The van der Waals surface area contributed by atoms with Crippen molar-refractivity contribution in [3.8, 4) is 6.07 Å². The van der Waals surface area contributed by atoms with Gasteiger partial charge in [0.1, 0.15) is 0 Å². The van der Waals surface area contributed by atoms with Gasteiger partial charge in [-0.25, -0.2) is 0 Å². The number of aryl methyl sites for hydroxylation is 1. The summed E-state index contributed by atoms with van der Waals surface area (Å²) in [7, 11) is 0. The highest BCUT2D eigenvalue weighted by Gasteiger charge is 1.95. The Balaban J connectivity index is 2.53. The van der Waals surface area contributed by atoms with Gasteiger partial charge in [0.05, 0.1) is 6.07 Å². The van der Waals surface area contributed by atoms with E-state index in [0.717, 1.165) is 11.4 Å². The molecule has 1 rings (SSSR count). The Morgan fingerprint density at radius 3 is 3.00 bits per heavy atom. The molecule has 2 nitrogen and oxygen atoms in total. The number of anilines is 1. The van der Waals surface area contributed by atoms with Crippen molar-refractivity contribution >= 4 is 5.69 Å². The Hall–Kier alpha value is -1.75. The molecular formula is C12H14N2. The van der Waals surface area contributed by atoms with Gasteiger partial charge in [-0.05, 0) is 31.0 Å². The minimum Gasteiger partial charge on any atom is -0.359 e. The fourth-order valence-electron chi connectivity index (χ4n) is 1.20. The molecule has 0 spiro atoms. The summed E-state index contributed by atoms with van der Waals surface area (Å²) in [6, 6.07) is 10.2. The number of hydrogen-bond acceptors (Lipinski definition) is 2. The van der Waals surface area contributed by atoms with E-state index < -0.39 is 0 Å². The summed E-state index contributed by atoms with van der Waals surface area (Å²) in [5, 5.41) is 11.6. The molecule has 1 aromatic carbocycles. The highest BCUT2D eigenvalue weighted by atomic mass is 14.9. The lowest BCUT2D eigenvalue weighted by atomic mass is 10.2. The van der Waals surface area contributed by atoms with Crippen LogP contribution in [0.4, 0.5) is 5.69 Å². The molecule has 0 saturated carbocycles. The molecule has 0 aliphatic heterocycles. The molecule has 0 aliphatic carbocycles. The van der Waals surface area contributed by atoms with Crippen molar-refractivity contribution < 1.29 is 0 Å². The van der Waals surface area contributed by atoms with Crippen molar-refractivity contribution in [2.24, 2.45) is 0 Å². The summed E-state index contributed by atoms with van der Waals surface area (Å²) < 4.78 is 0. The van der Waals surface area contributed by atoms with Crippen molar-refractivity contribution in [1.29, 1.82) is 5.26 Å². The molecule has 0 saturated heterocycles. The zero-order valence-electron chi connectivity index (χ0n) is 8.38. The van der Waals surface area contributed by atoms with Gasteiger partial charge in [-0.15, -0.1) is 0 Å². The molecule has 1 N–H and O–H groups in total. The van der Waals surface area contributed by atoms with Crippen molar-refractivity contribution in [3.05, 3.63) is 42.1 Å². The smallest absolute Gasteiger partial charge is 0.0625 e. The third-order valence-corrected chi connectivity index (χ3v) is 1.88. The van der Waals surface area contributed by atoms with E-state index in [1.54, 1.807) is 0 Å². The second-order valence-electron chi connectivity index (χ2n) is 3.26. The molecule has 0 amide bonds. The van der Waals surface area contributed by atoms with Gasteiger partial charge in [0.15, 0.2) is 0 Å². The molecule has 0 radical (unpaired) electrons. The maximum absolute atomic E-state index is 8.41. The van der Waals surface area contributed by atoms with Gasteiger partial charge in [-0.2, -0.15) is 5.26 Å². The number of nitriles is 1. The third kappa shape index (κ3) is 3.32. The van der Waals surface area contributed by atoms with E-state index in [-0.39, 0.29) is 0 Å². The Labute approximate surface area is 84.9 Å². The van der Waals surface area contributed by atoms with Gasteiger partial charge in [0.25, 0.3) is 0 Å². The zero-order chi connectivity index (χ0) is 10.4. The lowest BCUT2D eigenvalue weighted by Crippen LogP contribution is -1.97. The van der Waals surface area contributed by atoms with Gasteiger partial charge in [-0.1, -0.05) is 18.7 Å². The average molecular weight is 186 g/mol. The molecule has 0 atom stereocenters. The topological polar surface area (TPSA) is 35.8 Å². The fourth-order valence-corrected chi connectivity index (χ4v) is 1.20. The number of nitrogens with zero attached hydrogens (tertiary/aromatic N) is 1. The molecule has 0 aliphatic rings. The standard InChI is InChI=1S/C12H14N2/c1-10-5-3-7-12(9-10)14-11(2)6-4-8-13/h3,5,7,9,14H,2,4,6H2,1H3. The van der Waals surface area contributed by atoms with Crippen LogP contribution in [-0.2, 0) is 0 Å². The fraction of sp³-hybridized carbons (Fsp3) is 0.250. The van der Waals surface area contributed by atoms with Gasteiger partial charge in [0, 0.05) is 17.8 Å². The van der Waals surface area contributed by atoms with Crippen LogP contribution in [0, 0.1) is 18.3 Å². The Morgan fingerprint density at radius 2 is 2.36 bits per heavy atom. The molecule has 0 aromatic heterocycles. The quantitative estimate of drug-likeness (QED) is 0.783. The summed E-state index contributed by atoms with van der Waals surface area (Å²) in [5.41, 5.74) is 3.13. The summed E-state index contributed by atoms with van der Waals surface area (Å²) >= 11 is 0.